The van der Waals surface area contributed by atoms with Crippen LogP contribution in [-0.2, 0) is 11.2 Å². The molecular formula is C28H34N4O3. The van der Waals surface area contributed by atoms with Crippen LogP contribution in [-0.4, -0.2) is 64.5 Å². The molecule has 2 fully saturated rings. The number of rotatable bonds is 5. The molecule has 2 amide bonds. The smallest absolute Gasteiger partial charge is 0.257 e. The fraction of sp³-hybridized carbons (Fsp3) is 0.464. The topological polar surface area (TPSA) is 67.2 Å². The number of piperidine rings is 2. The molecule has 35 heavy (non-hydrogen) atoms. The number of hydrogen-bond donors (Lipinski definition) is 0. The van der Waals surface area contributed by atoms with Crippen molar-refractivity contribution in [3.05, 3.63) is 65.5 Å². The predicted octanol–water partition coefficient (Wildman–Crippen LogP) is 4.16. The van der Waals surface area contributed by atoms with Gasteiger partial charge in [0, 0.05) is 32.4 Å². The highest BCUT2D eigenvalue weighted by Gasteiger charge is 2.26. The molecule has 184 valence electrons. The van der Waals surface area contributed by atoms with Crippen LogP contribution in [0.2, 0.25) is 0 Å². The number of carbonyl (C=O) groups excluding carboxylic acids is 2. The summed E-state index contributed by atoms with van der Waals surface area (Å²) >= 11 is 0. The van der Waals surface area contributed by atoms with Crippen molar-refractivity contribution in [3.8, 4) is 5.75 Å². The zero-order valence-corrected chi connectivity index (χ0v) is 20.7. The maximum atomic E-state index is 13.2. The highest BCUT2D eigenvalue weighted by molar-refractivity contribution is 6.00. The van der Waals surface area contributed by atoms with Crippen molar-refractivity contribution >= 4 is 17.3 Å². The third-order valence-electron chi connectivity index (χ3n) is 7.68. The average molecular weight is 475 g/mol. The molecule has 3 aromatic rings. The van der Waals surface area contributed by atoms with E-state index < -0.39 is 0 Å². The average Bonchev–Trinajstić information content (AvgIpc) is 3.32. The van der Waals surface area contributed by atoms with Crippen LogP contribution in [0.15, 0.2) is 48.8 Å². The molecule has 5 rings (SSSR count). The van der Waals surface area contributed by atoms with E-state index >= 15 is 0 Å². The summed E-state index contributed by atoms with van der Waals surface area (Å²) in [7, 11) is 1.64. The van der Waals surface area contributed by atoms with Gasteiger partial charge in [-0.05, 0) is 72.9 Å². The lowest BCUT2D eigenvalue weighted by atomic mass is 9.89. The van der Waals surface area contributed by atoms with Gasteiger partial charge in [0.05, 0.1) is 30.8 Å². The second-order valence-corrected chi connectivity index (χ2v) is 10.0. The quantitative estimate of drug-likeness (QED) is 0.557. The van der Waals surface area contributed by atoms with Crippen LogP contribution in [0.1, 0.15) is 60.0 Å². The highest BCUT2D eigenvalue weighted by atomic mass is 16.5. The molecule has 0 spiro atoms. The van der Waals surface area contributed by atoms with Gasteiger partial charge in [-0.15, -0.1) is 0 Å². The Bertz CT molecular complexity index is 1190. The zero-order valence-electron chi connectivity index (χ0n) is 20.7. The van der Waals surface area contributed by atoms with Crippen LogP contribution in [0.4, 0.5) is 0 Å². The van der Waals surface area contributed by atoms with Crippen molar-refractivity contribution < 1.29 is 14.3 Å². The summed E-state index contributed by atoms with van der Waals surface area (Å²) in [6.07, 6.45) is 8.05. The number of likely N-dealkylation sites (tertiary alicyclic amines) is 2. The van der Waals surface area contributed by atoms with E-state index in [2.05, 4.69) is 24.2 Å². The summed E-state index contributed by atoms with van der Waals surface area (Å²) in [6.45, 7) is 5.39. The van der Waals surface area contributed by atoms with Gasteiger partial charge in [-0.3, -0.25) is 9.59 Å². The number of fused-ring (bicyclic) bond motifs is 1. The summed E-state index contributed by atoms with van der Waals surface area (Å²) in [5.74, 6) is 2.11. The fourth-order valence-corrected chi connectivity index (χ4v) is 5.29. The van der Waals surface area contributed by atoms with E-state index in [-0.39, 0.29) is 11.8 Å². The van der Waals surface area contributed by atoms with Gasteiger partial charge in [0.1, 0.15) is 5.75 Å². The monoisotopic (exact) mass is 474 g/mol. The summed E-state index contributed by atoms with van der Waals surface area (Å²) in [5.41, 5.74) is 3.80. The van der Waals surface area contributed by atoms with E-state index in [1.165, 1.54) is 5.56 Å². The van der Waals surface area contributed by atoms with Crippen molar-refractivity contribution in [2.24, 2.45) is 5.92 Å². The summed E-state index contributed by atoms with van der Waals surface area (Å²) in [5, 5.41) is 4.43. The van der Waals surface area contributed by atoms with Gasteiger partial charge in [-0.1, -0.05) is 19.1 Å². The third-order valence-corrected chi connectivity index (χ3v) is 7.68. The Labute approximate surface area is 206 Å². The molecule has 4 heterocycles. The van der Waals surface area contributed by atoms with Crippen LogP contribution >= 0.6 is 0 Å². The minimum Gasteiger partial charge on any atom is -0.497 e. The van der Waals surface area contributed by atoms with Gasteiger partial charge in [-0.25, -0.2) is 4.52 Å². The number of pyridine rings is 1. The van der Waals surface area contributed by atoms with Gasteiger partial charge < -0.3 is 14.5 Å². The van der Waals surface area contributed by atoms with Gasteiger partial charge in [0.25, 0.3) is 5.91 Å². The number of aromatic nitrogens is 2. The first-order valence-corrected chi connectivity index (χ1v) is 12.7. The van der Waals surface area contributed by atoms with Gasteiger partial charge in [0.15, 0.2) is 0 Å². The predicted molar refractivity (Wildman–Crippen MR) is 135 cm³/mol. The van der Waals surface area contributed by atoms with Crippen molar-refractivity contribution in [1.29, 1.82) is 0 Å². The highest BCUT2D eigenvalue weighted by Crippen LogP contribution is 2.30. The second-order valence-electron chi connectivity index (χ2n) is 10.0. The van der Waals surface area contributed by atoms with Gasteiger partial charge in [-0.2, -0.15) is 5.10 Å². The molecule has 0 bridgehead atoms. The van der Waals surface area contributed by atoms with Gasteiger partial charge in [0.2, 0.25) is 5.91 Å². The van der Waals surface area contributed by atoms with E-state index in [4.69, 9.17) is 4.74 Å². The van der Waals surface area contributed by atoms with Crippen molar-refractivity contribution in [2.75, 3.05) is 33.3 Å². The van der Waals surface area contributed by atoms with Gasteiger partial charge >= 0.3 is 0 Å². The maximum absolute atomic E-state index is 13.2. The molecule has 0 unspecified atom stereocenters. The first kappa shape index (κ1) is 23.4. The molecule has 0 aliphatic carbocycles. The number of benzene rings is 1. The van der Waals surface area contributed by atoms with E-state index in [9.17, 15) is 9.59 Å². The van der Waals surface area contributed by atoms with Crippen LogP contribution in [0, 0.1) is 5.92 Å². The minimum absolute atomic E-state index is 0.0861. The molecule has 7 heteroatoms. The third kappa shape index (κ3) is 5.04. The number of nitrogens with zero attached hydrogens (tertiary/aromatic N) is 4. The molecule has 2 saturated heterocycles. The Balaban J connectivity index is 1.23. The maximum Gasteiger partial charge on any atom is 0.257 e. The fourth-order valence-electron chi connectivity index (χ4n) is 5.29. The van der Waals surface area contributed by atoms with Crippen LogP contribution < -0.4 is 4.74 Å². The van der Waals surface area contributed by atoms with E-state index in [0.29, 0.717) is 23.8 Å². The Kier molecular flexibility index (Phi) is 6.75. The van der Waals surface area contributed by atoms with E-state index in [0.717, 1.165) is 68.7 Å². The van der Waals surface area contributed by atoms with Crippen LogP contribution in [0.25, 0.3) is 5.52 Å². The molecule has 7 nitrogen and oxygen atoms in total. The number of hydrogen-bond acceptors (Lipinski definition) is 4. The minimum atomic E-state index is 0.0861. The Morgan fingerprint density at radius 2 is 1.66 bits per heavy atom. The molecule has 0 radical (unpaired) electrons. The van der Waals surface area contributed by atoms with E-state index in [1.54, 1.807) is 17.8 Å². The summed E-state index contributed by atoms with van der Waals surface area (Å²) in [6, 6.07) is 11.9. The largest absolute Gasteiger partial charge is 0.497 e. The molecule has 0 atom stereocenters. The Morgan fingerprint density at radius 1 is 0.971 bits per heavy atom. The number of methoxy groups -OCH3 is 1. The molecular weight excluding hydrogens is 440 g/mol. The second kappa shape index (κ2) is 10.1. The molecule has 1 aromatic carbocycles. The lowest BCUT2D eigenvalue weighted by Gasteiger charge is -2.32. The van der Waals surface area contributed by atoms with E-state index in [1.807, 2.05) is 40.3 Å². The standard InChI is InChI=1S/C28H34N4O3/c1-20-7-12-31(13-8-20)28(34)25-19-29-32-16-11-23(18-26(25)32)22-9-14-30(15-10-22)27(33)17-21-3-5-24(35-2)6-4-21/h3-6,11,16,18-20,22H,7-10,12-15,17H2,1-2H3. The first-order chi connectivity index (χ1) is 17.0. The van der Waals surface area contributed by atoms with Crippen LogP contribution in [0.5, 0.6) is 5.75 Å². The lowest BCUT2D eigenvalue weighted by molar-refractivity contribution is -0.131. The molecule has 2 aliphatic rings. The first-order valence-electron chi connectivity index (χ1n) is 12.7. The van der Waals surface area contributed by atoms with Crippen LogP contribution in [0.3, 0.4) is 0 Å². The van der Waals surface area contributed by atoms with Crippen molar-refractivity contribution in [3.63, 3.8) is 0 Å². The molecule has 0 N–H and O–H groups in total. The molecule has 2 aliphatic heterocycles. The molecule has 0 saturated carbocycles. The number of amides is 2. The molecule has 2 aromatic heterocycles. The number of ether oxygens (including phenoxy) is 1. The summed E-state index contributed by atoms with van der Waals surface area (Å²) < 4.78 is 7.00. The van der Waals surface area contributed by atoms with Crippen molar-refractivity contribution in [1.82, 2.24) is 19.4 Å². The Morgan fingerprint density at radius 3 is 2.34 bits per heavy atom. The normalized spacial score (nSPS) is 17.7. The van der Waals surface area contributed by atoms with Crippen molar-refractivity contribution in [2.45, 2.75) is 44.9 Å². The Hall–Kier alpha value is -3.35. The summed E-state index contributed by atoms with van der Waals surface area (Å²) in [4.78, 5) is 30.0. The number of carbonyl (C=O) groups is 2. The lowest BCUT2D eigenvalue weighted by Crippen LogP contribution is -2.38. The zero-order chi connectivity index (χ0) is 24.4. The SMILES string of the molecule is COc1ccc(CC(=O)N2CCC(c3ccn4ncc(C(=O)N5CCC(C)CC5)c4c3)CC2)cc1.